The molecule has 0 aromatic heterocycles. The third-order valence-corrected chi connectivity index (χ3v) is 2.57. The molecule has 0 unspecified atom stereocenters. The van der Waals surface area contributed by atoms with Crippen LogP contribution in [0.25, 0.3) is 0 Å². The van der Waals surface area contributed by atoms with Crippen molar-refractivity contribution in [3.05, 3.63) is 29.3 Å². The van der Waals surface area contributed by atoms with E-state index in [1.807, 2.05) is 13.8 Å². The van der Waals surface area contributed by atoms with Gasteiger partial charge in [-0.1, -0.05) is 31.5 Å². The van der Waals surface area contributed by atoms with E-state index in [2.05, 4.69) is 0 Å². The van der Waals surface area contributed by atoms with Crippen LogP contribution >= 0.6 is 11.6 Å². The SMILES string of the molecule is CC.CS(=O)(=O)c1cccc(Cl)c1. The Morgan fingerprint density at radius 3 is 2.08 bits per heavy atom. The topological polar surface area (TPSA) is 34.1 Å². The highest BCUT2D eigenvalue weighted by Gasteiger charge is 2.05. The molecule has 4 heteroatoms. The summed E-state index contributed by atoms with van der Waals surface area (Å²) in [7, 11) is -3.11. The summed E-state index contributed by atoms with van der Waals surface area (Å²) in [5.41, 5.74) is 0. The molecule has 0 amide bonds. The Kier molecular flexibility index (Phi) is 5.03. The van der Waals surface area contributed by atoms with Crippen molar-refractivity contribution in [3.63, 3.8) is 0 Å². The maximum atomic E-state index is 10.9. The van der Waals surface area contributed by atoms with E-state index in [9.17, 15) is 8.42 Å². The van der Waals surface area contributed by atoms with Gasteiger partial charge in [-0.25, -0.2) is 8.42 Å². The molecule has 0 saturated heterocycles. The maximum Gasteiger partial charge on any atom is 0.175 e. The summed E-state index contributed by atoms with van der Waals surface area (Å²) < 4.78 is 21.9. The van der Waals surface area contributed by atoms with E-state index in [0.717, 1.165) is 6.26 Å². The van der Waals surface area contributed by atoms with Gasteiger partial charge in [0.15, 0.2) is 9.84 Å². The number of hydrogen-bond acceptors (Lipinski definition) is 2. The van der Waals surface area contributed by atoms with Crippen LogP contribution in [0.1, 0.15) is 13.8 Å². The molecule has 0 aliphatic rings. The van der Waals surface area contributed by atoms with Gasteiger partial charge < -0.3 is 0 Å². The lowest BCUT2D eigenvalue weighted by Gasteiger charge is -1.96. The van der Waals surface area contributed by atoms with Crippen molar-refractivity contribution in [1.82, 2.24) is 0 Å². The first kappa shape index (κ1) is 12.5. The molecule has 0 bridgehead atoms. The van der Waals surface area contributed by atoms with Crippen molar-refractivity contribution in [2.24, 2.45) is 0 Å². The lowest BCUT2D eigenvalue weighted by atomic mass is 10.4. The Balaban J connectivity index is 0.000000671. The van der Waals surface area contributed by atoms with E-state index in [1.54, 1.807) is 12.1 Å². The van der Waals surface area contributed by atoms with Gasteiger partial charge >= 0.3 is 0 Å². The lowest BCUT2D eigenvalue weighted by molar-refractivity contribution is 0.602. The Bertz CT molecular complexity index is 358. The van der Waals surface area contributed by atoms with Gasteiger partial charge in [0.05, 0.1) is 4.90 Å². The molecule has 0 atom stereocenters. The minimum absolute atomic E-state index is 0.255. The van der Waals surface area contributed by atoms with Crippen molar-refractivity contribution in [2.45, 2.75) is 18.7 Å². The third-order valence-electron chi connectivity index (χ3n) is 1.22. The first-order valence-electron chi connectivity index (χ1n) is 3.96. The fraction of sp³-hybridized carbons (Fsp3) is 0.333. The summed E-state index contributed by atoms with van der Waals surface area (Å²) >= 11 is 5.59. The van der Waals surface area contributed by atoms with Crippen LogP contribution in [0.15, 0.2) is 29.2 Å². The lowest BCUT2D eigenvalue weighted by Crippen LogP contribution is -1.95. The van der Waals surface area contributed by atoms with E-state index in [0.29, 0.717) is 5.02 Å². The highest BCUT2D eigenvalue weighted by Crippen LogP contribution is 2.14. The second-order valence-electron chi connectivity index (χ2n) is 2.23. The molecule has 74 valence electrons. The van der Waals surface area contributed by atoms with Crippen LogP contribution in [0.2, 0.25) is 5.02 Å². The second kappa shape index (κ2) is 5.25. The van der Waals surface area contributed by atoms with E-state index in [-0.39, 0.29) is 4.90 Å². The molecule has 0 heterocycles. The minimum atomic E-state index is -3.11. The first-order valence-corrected chi connectivity index (χ1v) is 6.23. The van der Waals surface area contributed by atoms with Crippen molar-refractivity contribution in [2.75, 3.05) is 6.26 Å². The fourth-order valence-corrected chi connectivity index (χ4v) is 1.62. The molecular formula is C9H13ClO2S. The zero-order chi connectivity index (χ0) is 10.5. The quantitative estimate of drug-likeness (QED) is 0.730. The summed E-state index contributed by atoms with van der Waals surface area (Å²) in [6.45, 7) is 4.00. The van der Waals surface area contributed by atoms with Crippen LogP contribution < -0.4 is 0 Å². The number of sulfone groups is 1. The summed E-state index contributed by atoms with van der Waals surface area (Å²) in [6, 6.07) is 6.19. The largest absolute Gasteiger partial charge is 0.224 e. The van der Waals surface area contributed by atoms with Gasteiger partial charge in [0, 0.05) is 11.3 Å². The van der Waals surface area contributed by atoms with E-state index in [4.69, 9.17) is 11.6 Å². The number of hydrogen-bond donors (Lipinski definition) is 0. The van der Waals surface area contributed by atoms with Crippen LogP contribution in [0, 0.1) is 0 Å². The third kappa shape index (κ3) is 4.29. The molecule has 1 aromatic rings. The molecular weight excluding hydrogens is 208 g/mol. The van der Waals surface area contributed by atoms with Gasteiger partial charge in [0.25, 0.3) is 0 Å². The van der Waals surface area contributed by atoms with Crippen LogP contribution in [-0.4, -0.2) is 14.7 Å². The normalized spacial score (nSPS) is 10.2. The maximum absolute atomic E-state index is 10.9. The van der Waals surface area contributed by atoms with Crippen LogP contribution in [0.3, 0.4) is 0 Å². The summed E-state index contributed by atoms with van der Waals surface area (Å²) in [4.78, 5) is 0.255. The number of halogens is 1. The molecule has 0 fully saturated rings. The molecule has 1 aromatic carbocycles. The standard InChI is InChI=1S/C7H7ClO2S.C2H6/c1-11(9,10)7-4-2-3-6(8)5-7;1-2/h2-5H,1H3;1-2H3. The molecule has 0 saturated carbocycles. The fourth-order valence-electron chi connectivity index (χ4n) is 0.698. The predicted molar refractivity (Wildman–Crippen MR) is 55.9 cm³/mol. The summed E-state index contributed by atoms with van der Waals surface area (Å²) in [5.74, 6) is 0. The van der Waals surface area contributed by atoms with Gasteiger partial charge in [0.1, 0.15) is 0 Å². The molecule has 0 N–H and O–H groups in total. The smallest absolute Gasteiger partial charge is 0.175 e. The zero-order valence-electron chi connectivity index (χ0n) is 7.91. The Hall–Kier alpha value is -0.540. The molecule has 2 nitrogen and oxygen atoms in total. The van der Waals surface area contributed by atoms with Crippen molar-refractivity contribution < 1.29 is 8.42 Å². The van der Waals surface area contributed by atoms with Crippen LogP contribution in [-0.2, 0) is 9.84 Å². The Morgan fingerprint density at radius 2 is 1.77 bits per heavy atom. The van der Waals surface area contributed by atoms with E-state index >= 15 is 0 Å². The molecule has 0 aliphatic carbocycles. The molecule has 13 heavy (non-hydrogen) atoms. The first-order chi connectivity index (χ1) is 6.00. The van der Waals surface area contributed by atoms with Crippen molar-refractivity contribution >= 4 is 21.4 Å². The average Bonchev–Trinajstić information content (AvgIpc) is 2.06. The van der Waals surface area contributed by atoms with Gasteiger partial charge in [-0.3, -0.25) is 0 Å². The van der Waals surface area contributed by atoms with Gasteiger partial charge in [0.2, 0.25) is 0 Å². The average molecular weight is 221 g/mol. The van der Waals surface area contributed by atoms with Crippen molar-refractivity contribution in [3.8, 4) is 0 Å². The summed E-state index contributed by atoms with van der Waals surface area (Å²) in [5, 5.41) is 0.438. The highest BCUT2D eigenvalue weighted by molar-refractivity contribution is 7.90. The van der Waals surface area contributed by atoms with Crippen LogP contribution in [0.5, 0.6) is 0 Å². The van der Waals surface area contributed by atoms with Crippen molar-refractivity contribution in [1.29, 1.82) is 0 Å². The minimum Gasteiger partial charge on any atom is -0.224 e. The van der Waals surface area contributed by atoms with E-state index < -0.39 is 9.84 Å². The summed E-state index contributed by atoms with van der Waals surface area (Å²) in [6.07, 6.45) is 1.15. The Morgan fingerprint density at radius 1 is 1.23 bits per heavy atom. The number of benzene rings is 1. The van der Waals surface area contributed by atoms with Gasteiger partial charge in [-0.05, 0) is 18.2 Å². The molecule has 0 spiro atoms. The molecule has 0 aliphatic heterocycles. The molecule has 0 radical (unpaired) electrons. The Labute approximate surface area is 84.5 Å². The number of rotatable bonds is 1. The molecule has 1 rings (SSSR count). The van der Waals surface area contributed by atoms with Crippen LogP contribution in [0.4, 0.5) is 0 Å². The van der Waals surface area contributed by atoms with Gasteiger partial charge in [-0.2, -0.15) is 0 Å². The van der Waals surface area contributed by atoms with Gasteiger partial charge in [-0.15, -0.1) is 0 Å². The second-order valence-corrected chi connectivity index (χ2v) is 4.68. The van der Waals surface area contributed by atoms with E-state index in [1.165, 1.54) is 12.1 Å². The predicted octanol–water partition coefficient (Wildman–Crippen LogP) is 2.77. The highest BCUT2D eigenvalue weighted by atomic mass is 35.5. The monoisotopic (exact) mass is 220 g/mol. The zero-order valence-corrected chi connectivity index (χ0v) is 9.48.